The molecule has 2 aliphatic rings. The number of ether oxygens (including phenoxy) is 2. The highest BCUT2D eigenvalue weighted by Gasteiger charge is 2.36. The maximum absolute atomic E-state index is 12.7. The van der Waals surface area contributed by atoms with Crippen molar-refractivity contribution in [2.24, 2.45) is 0 Å². The summed E-state index contributed by atoms with van der Waals surface area (Å²) in [6.07, 6.45) is 1.58. The molecule has 11 heteroatoms. The predicted octanol–water partition coefficient (Wildman–Crippen LogP) is 3.36. The minimum absolute atomic E-state index is 0.0689. The lowest BCUT2D eigenvalue weighted by Crippen LogP contribution is -2.42. The summed E-state index contributed by atoms with van der Waals surface area (Å²) in [5.74, 6) is -0.580. The normalized spacial score (nSPS) is 17.1. The number of anilines is 1. The second kappa shape index (κ2) is 11.5. The van der Waals surface area contributed by atoms with Crippen molar-refractivity contribution in [2.45, 2.75) is 0 Å². The summed E-state index contributed by atoms with van der Waals surface area (Å²) in [4.78, 5) is 52.4. The molecule has 0 bridgehead atoms. The molecule has 0 aromatic heterocycles. The number of hydrogen-bond acceptors (Lipinski definition) is 7. The molecule has 0 aliphatic carbocycles. The number of halogens is 1. The average molecular weight is 560 g/mol. The van der Waals surface area contributed by atoms with E-state index < -0.39 is 17.1 Å². The first kappa shape index (κ1) is 25.0. The number of hydrogen-bond donors (Lipinski definition) is 1. The van der Waals surface area contributed by atoms with Gasteiger partial charge < -0.3 is 19.7 Å². The van der Waals surface area contributed by atoms with Gasteiger partial charge in [-0.15, -0.1) is 0 Å². The van der Waals surface area contributed by atoms with Gasteiger partial charge in [-0.1, -0.05) is 28.1 Å². The Hall–Kier alpha value is -3.15. The molecule has 2 aliphatic heterocycles. The molecule has 0 radical (unpaired) electrons. The standard InChI is InChI=1S/C24H22BrN3O6S/c25-17-3-5-18(6-4-17)26-21(29)14-28-23(31)20(35-24(28)32)13-16-1-7-19(8-2-16)34-15-22(30)27-9-11-33-12-10-27/h1-8,13H,9-12,14-15H2,(H,26,29)/b20-13+. The molecule has 2 saturated heterocycles. The fourth-order valence-electron chi connectivity index (χ4n) is 3.37. The highest BCUT2D eigenvalue weighted by molar-refractivity contribution is 9.10. The van der Waals surface area contributed by atoms with E-state index in [2.05, 4.69) is 21.2 Å². The molecule has 1 N–H and O–H groups in total. The first-order valence-corrected chi connectivity index (χ1v) is 12.4. The Bertz CT molecular complexity index is 1150. The lowest BCUT2D eigenvalue weighted by molar-refractivity contribution is -0.137. The number of carbonyl (C=O) groups is 4. The molecular weight excluding hydrogens is 538 g/mol. The van der Waals surface area contributed by atoms with Crippen LogP contribution in [0.2, 0.25) is 0 Å². The monoisotopic (exact) mass is 559 g/mol. The third-order valence-corrected chi connectivity index (χ3v) is 6.64. The number of nitrogens with one attached hydrogen (secondary N) is 1. The number of thioether (sulfide) groups is 1. The van der Waals surface area contributed by atoms with E-state index in [1.807, 2.05) is 0 Å². The summed E-state index contributed by atoms with van der Waals surface area (Å²) >= 11 is 4.10. The SMILES string of the molecule is O=C(CN1C(=O)S/C(=C/c2ccc(OCC(=O)N3CCOCC3)cc2)C1=O)Nc1ccc(Br)cc1. The van der Waals surface area contributed by atoms with Crippen molar-refractivity contribution in [2.75, 3.05) is 44.8 Å². The van der Waals surface area contributed by atoms with Crippen molar-refractivity contribution < 1.29 is 28.7 Å². The van der Waals surface area contributed by atoms with E-state index in [0.717, 1.165) is 21.1 Å². The molecule has 2 aromatic carbocycles. The van der Waals surface area contributed by atoms with Crippen LogP contribution >= 0.6 is 27.7 Å². The van der Waals surface area contributed by atoms with E-state index in [1.165, 1.54) is 0 Å². The number of imide groups is 1. The van der Waals surface area contributed by atoms with E-state index in [4.69, 9.17) is 9.47 Å². The van der Waals surface area contributed by atoms with Gasteiger partial charge in [0.05, 0.1) is 18.1 Å². The Balaban J connectivity index is 1.31. The second-order valence-electron chi connectivity index (χ2n) is 7.67. The molecule has 2 aromatic rings. The fourth-order valence-corrected chi connectivity index (χ4v) is 4.48. The Morgan fingerprint density at radius 1 is 1.06 bits per heavy atom. The zero-order valence-corrected chi connectivity index (χ0v) is 21.0. The maximum atomic E-state index is 12.7. The minimum Gasteiger partial charge on any atom is -0.484 e. The molecule has 2 heterocycles. The molecule has 35 heavy (non-hydrogen) atoms. The van der Waals surface area contributed by atoms with Crippen LogP contribution in [0.4, 0.5) is 10.5 Å². The summed E-state index contributed by atoms with van der Waals surface area (Å²) in [6.45, 7) is 1.73. The molecule has 4 rings (SSSR count). The quantitative estimate of drug-likeness (QED) is 0.518. The molecule has 0 unspecified atom stereocenters. The minimum atomic E-state index is -0.526. The van der Waals surface area contributed by atoms with Crippen LogP contribution in [0.15, 0.2) is 57.9 Å². The van der Waals surface area contributed by atoms with Crippen LogP contribution in [0.25, 0.3) is 6.08 Å². The number of morpholine rings is 1. The number of carbonyl (C=O) groups excluding carboxylic acids is 4. The average Bonchev–Trinajstić information content (AvgIpc) is 3.12. The lowest BCUT2D eigenvalue weighted by Gasteiger charge is -2.26. The third-order valence-electron chi connectivity index (χ3n) is 5.21. The molecule has 0 atom stereocenters. The molecule has 0 spiro atoms. The number of rotatable bonds is 7. The first-order chi connectivity index (χ1) is 16.9. The van der Waals surface area contributed by atoms with E-state index >= 15 is 0 Å². The van der Waals surface area contributed by atoms with Crippen LogP contribution in [0, 0.1) is 0 Å². The van der Waals surface area contributed by atoms with Crippen molar-refractivity contribution >= 4 is 62.4 Å². The van der Waals surface area contributed by atoms with E-state index in [1.54, 1.807) is 59.5 Å². The van der Waals surface area contributed by atoms with Gasteiger partial charge in [-0.05, 0) is 59.8 Å². The zero-order chi connectivity index (χ0) is 24.8. The molecule has 4 amide bonds. The van der Waals surface area contributed by atoms with Crippen LogP contribution in [0.5, 0.6) is 5.75 Å². The van der Waals surface area contributed by atoms with Gasteiger partial charge in [0.1, 0.15) is 12.3 Å². The highest BCUT2D eigenvalue weighted by Crippen LogP contribution is 2.32. The Kier molecular flexibility index (Phi) is 8.21. The lowest BCUT2D eigenvalue weighted by atomic mass is 10.2. The van der Waals surface area contributed by atoms with Crippen molar-refractivity contribution in [1.82, 2.24) is 9.80 Å². The molecule has 9 nitrogen and oxygen atoms in total. The van der Waals surface area contributed by atoms with Crippen molar-refractivity contribution in [3.63, 3.8) is 0 Å². The Morgan fingerprint density at radius 3 is 2.43 bits per heavy atom. The van der Waals surface area contributed by atoms with E-state index in [0.29, 0.717) is 43.3 Å². The largest absolute Gasteiger partial charge is 0.484 e. The Labute approximate surface area is 214 Å². The van der Waals surface area contributed by atoms with Crippen molar-refractivity contribution in [3.8, 4) is 5.75 Å². The van der Waals surface area contributed by atoms with Crippen LogP contribution in [-0.4, -0.2) is 72.2 Å². The van der Waals surface area contributed by atoms with Gasteiger partial charge >= 0.3 is 0 Å². The van der Waals surface area contributed by atoms with E-state index in [-0.39, 0.29) is 24.0 Å². The third kappa shape index (κ3) is 6.71. The summed E-state index contributed by atoms with van der Waals surface area (Å²) in [6, 6.07) is 13.8. The second-order valence-corrected chi connectivity index (χ2v) is 9.58. The highest BCUT2D eigenvalue weighted by atomic mass is 79.9. The Morgan fingerprint density at radius 2 is 1.74 bits per heavy atom. The van der Waals surface area contributed by atoms with Gasteiger partial charge in [0, 0.05) is 23.2 Å². The van der Waals surface area contributed by atoms with Crippen LogP contribution < -0.4 is 10.1 Å². The van der Waals surface area contributed by atoms with Crippen LogP contribution in [0.3, 0.4) is 0 Å². The molecular formula is C24H22BrN3O6S. The van der Waals surface area contributed by atoms with Crippen molar-refractivity contribution in [3.05, 3.63) is 63.5 Å². The number of nitrogens with zero attached hydrogens (tertiary/aromatic N) is 2. The van der Waals surface area contributed by atoms with Crippen LogP contribution in [0.1, 0.15) is 5.56 Å². The van der Waals surface area contributed by atoms with Gasteiger partial charge in [0.15, 0.2) is 6.61 Å². The number of benzene rings is 2. The van der Waals surface area contributed by atoms with Gasteiger partial charge in [0.2, 0.25) is 5.91 Å². The van der Waals surface area contributed by atoms with Crippen molar-refractivity contribution in [1.29, 1.82) is 0 Å². The predicted molar refractivity (Wildman–Crippen MR) is 135 cm³/mol. The zero-order valence-electron chi connectivity index (χ0n) is 18.6. The summed E-state index contributed by atoms with van der Waals surface area (Å²) < 4.78 is 11.7. The molecule has 182 valence electrons. The van der Waals surface area contributed by atoms with Gasteiger partial charge in [-0.2, -0.15) is 0 Å². The van der Waals surface area contributed by atoms with Gasteiger partial charge in [-0.3, -0.25) is 24.1 Å². The van der Waals surface area contributed by atoms with Crippen LogP contribution in [-0.2, 0) is 19.1 Å². The smallest absolute Gasteiger partial charge is 0.294 e. The first-order valence-electron chi connectivity index (χ1n) is 10.8. The summed E-state index contributed by atoms with van der Waals surface area (Å²) in [5.41, 5.74) is 1.25. The number of amides is 4. The molecule has 2 fully saturated rings. The topological polar surface area (TPSA) is 105 Å². The summed E-state index contributed by atoms with van der Waals surface area (Å²) in [5, 5.41) is 2.16. The van der Waals surface area contributed by atoms with E-state index in [9.17, 15) is 19.2 Å². The fraction of sp³-hybridized carbons (Fsp3) is 0.250. The molecule has 0 saturated carbocycles. The maximum Gasteiger partial charge on any atom is 0.294 e. The van der Waals surface area contributed by atoms with Gasteiger partial charge in [-0.25, -0.2) is 0 Å². The summed E-state index contributed by atoms with van der Waals surface area (Å²) in [7, 11) is 0. The van der Waals surface area contributed by atoms with Gasteiger partial charge in [0.25, 0.3) is 17.1 Å².